The fraction of sp³-hybridized carbons (Fsp3) is 0.727. The van der Waals surface area contributed by atoms with Crippen molar-refractivity contribution in [3.63, 3.8) is 0 Å². The molecule has 2 aliphatic heterocycles. The molecule has 0 aromatic heterocycles. The Morgan fingerprint density at radius 1 is 1.56 bits per heavy atom. The fourth-order valence-corrected chi connectivity index (χ4v) is 5.29. The van der Waals surface area contributed by atoms with Crippen LogP contribution in [0, 0.1) is 0 Å². The van der Waals surface area contributed by atoms with Crippen molar-refractivity contribution in [1.29, 1.82) is 0 Å². The van der Waals surface area contributed by atoms with E-state index in [4.69, 9.17) is 9.47 Å². The highest BCUT2D eigenvalue weighted by Crippen LogP contribution is 2.51. The molecule has 0 aliphatic carbocycles. The van der Waals surface area contributed by atoms with E-state index >= 15 is 0 Å². The van der Waals surface area contributed by atoms with Crippen molar-refractivity contribution in [1.82, 2.24) is 0 Å². The van der Waals surface area contributed by atoms with Crippen LogP contribution in [-0.4, -0.2) is 40.9 Å². The normalized spacial score (nSPS) is 28.0. The zero-order valence-corrected chi connectivity index (χ0v) is 10.8. The number of thioether (sulfide) groups is 2. The van der Waals surface area contributed by atoms with Gasteiger partial charge in [-0.3, -0.25) is 4.79 Å². The van der Waals surface area contributed by atoms with Gasteiger partial charge < -0.3 is 9.47 Å². The minimum absolute atomic E-state index is 0.0670. The Bertz CT molecular complexity index is 274. The van der Waals surface area contributed by atoms with Crippen molar-refractivity contribution >= 4 is 29.5 Å². The van der Waals surface area contributed by atoms with Crippen LogP contribution < -0.4 is 0 Å². The van der Waals surface area contributed by atoms with Crippen LogP contribution in [0.3, 0.4) is 0 Å². The number of hydrogen-bond acceptors (Lipinski definition) is 5. The Morgan fingerprint density at radius 2 is 2.31 bits per heavy atom. The molecule has 0 bridgehead atoms. The summed E-state index contributed by atoms with van der Waals surface area (Å²) in [5, 5.41) is 0. The Kier molecular flexibility index (Phi) is 4.21. The van der Waals surface area contributed by atoms with Crippen LogP contribution in [0.15, 0.2) is 12.7 Å². The van der Waals surface area contributed by atoms with Gasteiger partial charge in [0.25, 0.3) is 0 Å². The molecule has 16 heavy (non-hydrogen) atoms. The number of hydrogen-bond donors (Lipinski definition) is 0. The molecule has 1 spiro atoms. The molecule has 2 heterocycles. The lowest BCUT2D eigenvalue weighted by Gasteiger charge is -2.35. The Morgan fingerprint density at radius 3 is 3.00 bits per heavy atom. The van der Waals surface area contributed by atoms with Crippen LogP contribution in [0.5, 0.6) is 0 Å². The van der Waals surface area contributed by atoms with Gasteiger partial charge in [-0.15, -0.1) is 30.1 Å². The lowest BCUT2D eigenvalue weighted by atomic mass is 10.1. The van der Waals surface area contributed by atoms with Crippen LogP contribution in [0.25, 0.3) is 0 Å². The molecule has 0 unspecified atom stereocenters. The van der Waals surface area contributed by atoms with Crippen molar-refractivity contribution in [2.75, 3.05) is 24.7 Å². The summed E-state index contributed by atoms with van der Waals surface area (Å²) in [4.78, 5) is 11.5. The van der Waals surface area contributed by atoms with Gasteiger partial charge >= 0.3 is 5.97 Å². The number of esters is 1. The first kappa shape index (κ1) is 12.3. The first-order chi connectivity index (χ1) is 7.74. The standard InChI is InChI=1S/C11H16O3S2/c1-2-3-13-8-9-6-11(7-10(12)14-9)15-4-5-16-11/h2,9H,1,3-8H2/t9-/m1/s1. The molecule has 2 saturated heterocycles. The van der Waals surface area contributed by atoms with Crippen molar-refractivity contribution in [2.24, 2.45) is 0 Å². The monoisotopic (exact) mass is 260 g/mol. The minimum atomic E-state index is -0.0840. The van der Waals surface area contributed by atoms with Gasteiger partial charge in [0.1, 0.15) is 6.10 Å². The van der Waals surface area contributed by atoms with Crippen LogP contribution in [0.4, 0.5) is 0 Å². The van der Waals surface area contributed by atoms with E-state index in [1.54, 1.807) is 6.08 Å². The summed E-state index contributed by atoms with van der Waals surface area (Å²) < 4.78 is 10.7. The van der Waals surface area contributed by atoms with Gasteiger partial charge in [0.05, 0.1) is 23.7 Å². The molecule has 0 amide bonds. The number of carbonyl (C=O) groups is 1. The fourth-order valence-electron chi connectivity index (χ4n) is 2.00. The lowest BCUT2D eigenvalue weighted by molar-refractivity contribution is -0.157. The second-order valence-electron chi connectivity index (χ2n) is 3.93. The molecule has 2 rings (SSSR count). The van der Waals surface area contributed by atoms with Crippen LogP contribution in [0.1, 0.15) is 12.8 Å². The molecule has 0 radical (unpaired) electrons. The maximum atomic E-state index is 11.5. The molecular formula is C11H16O3S2. The largest absolute Gasteiger partial charge is 0.460 e. The quantitative estimate of drug-likeness (QED) is 0.439. The highest BCUT2D eigenvalue weighted by molar-refractivity contribution is 8.21. The second kappa shape index (κ2) is 5.47. The number of ether oxygens (including phenoxy) is 2. The molecule has 0 saturated carbocycles. The third kappa shape index (κ3) is 2.96. The topological polar surface area (TPSA) is 35.5 Å². The van der Waals surface area contributed by atoms with Crippen molar-refractivity contribution in [3.05, 3.63) is 12.7 Å². The van der Waals surface area contributed by atoms with Crippen LogP contribution in [-0.2, 0) is 14.3 Å². The molecule has 0 aromatic rings. The minimum Gasteiger partial charge on any atom is -0.460 e. The van der Waals surface area contributed by atoms with Gasteiger partial charge in [-0.25, -0.2) is 0 Å². The number of carbonyl (C=O) groups excluding carboxylic acids is 1. The molecule has 2 fully saturated rings. The van der Waals surface area contributed by atoms with Gasteiger partial charge in [0, 0.05) is 17.9 Å². The van der Waals surface area contributed by atoms with Crippen LogP contribution in [0.2, 0.25) is 0 Å². The summed E-state index contributed by atoms with van der Waals surface area (Å²) in [6, 6.07) is 0. The highest BCUT2D eigenvalue weighted by atomic mass is 32.2. The Balaban J connectivity index is 1.89. The highest BCUT2D eigenvalue weighted by Gasteiger charge is 2.44. The van der Waals surface area contributed by atoms with Crippen LogP contribution >= 0.6 is 23.5 Å². The Labute approximate surface area is 104 Å². The maximum Gasteiger partial charge on any atom is 0.308 e. The molecule has 0 aromatic carbocycles. The van der Waals surface area contributed by atoms with Gasteiger partial charge in [-0.2, -0.15) is 0 Å². The molecule has 2 aliphatic rings. The van der Waals surface area contributed by atoms with E-state index in [-0.39, 0.29) is 16.2 Å². The molecular weight excluding hydrogens is 244 g/mol. The van der Waals surface area contributed by atoms with E-state index in [1.165, 1.54) is 0 Å². The van der Waals surface area contributed by atoms with E-state index in [0.29, 0.717) is 19.6 Å². The van der Waals surface area contributed by atoms with E-state index in [0.717, 1.165) is 17.9 Å². The van der Waals surface area contributed by atoms with Gasteiger partial charge in [0.2, 0.25) is 0 Å². The number of cyclic esters (lactones) is 1. The third-order valence-corrected chi connectivity index (χ3v) is 6.06. The summed E-state index contributed by atoms with van der Waals surface area (Å²) in [7, 11) is 0. The second-order valence-corrected chi connectivity index (χ2v) is 7.14. The van der Waals surface area contributed by atoms with E-state index in [2.05, 4.69) is 6.58 Å². The zero-order chi connectivity index (χ0) is 11.4. The SMILES string of the molecule is C=CCOC[C@H]1CC2(CC(=O)O1)SCCS2. The predicted octanol–water partition coefficient (Wildman–Crippen LogP) is 2.07. The first-order valence-electron chi connectivity index (χ1n) is 5.40. The van der Waals surface area contributed by atoms with E-state index in [9.17, 15) is 4.79 Å². The summed E-state index contributed by atoms with van der Waals surface area (Å²) in [5.41, 5.74) is 0. The molecule has 1 atom stereocenters. The third-order valence-electron chi connectivity index (χ3n) is 2.60. The first-order valence-corrected chi connectivity index (χ1v) is 7.37. The summed E-state index contributed by atoms with van der Waals surface area (Å²) >= 11 is 3.80. The summed E-state index contributed by atoms with van der Waals surface area (Å²) in [6.07, 6.45) is 3.07. The van der Waals surface area contributed by atoms with Crippen molar-refractivity contribution < 1.29 is 14.3 Å². The molecule has 0 N–H and O–H groups in total. The average molecular weight is 260 g/mol. The molecule has 90 valence electrons. The smallest absolute Gasteiger partial charge is 0.308 e. The average Bonchev–Trinajstić information content (AvgIpc) is 2.65. The van der Waals surface area contributed by atoms with Gasteiger partial charge in [-0.1, -0.05) is 6.08 Å². The molecule has 5 heteroatoms. The zero-order valence-electron chi connectivity index (χ0n) is 9.15. The predicted molar refractivity (Wildman–Crippen MR) is 67.8 cm³/mol. The summed E-state index contributed by atoms with van der Waals surface area (Å²) in [5.74, 6) is 2.19. The van der Waals surface area contributed by atoms with Gasteiger partial charge in [-0.05, 0) is 0 Å². The van der Waals surface area contributed by atoms with Crippen molar-refractivity contribution in [2.45, 2.75) is 23.0 Å². The molecule has 3 nitrogen and oxygen atoms in total. The van der Waals surface area contributed by atoms with E-state index in [1.807, 2.05) is 23.5 Å². The summed E-state index contributed by atoms with van der Waals surface area (Å²) in [6.45, 7) is 4.59. The number of rotatable bonds is 4. The van der Waals surface area contributed by atoms with E-state index < -0.39 is 0 Å². The lowest BCUT2D eigenvalue weighted by Crippen LogP contribution is -2.39. The van der Waals surface area contributed by atoms with Gasteiger partial charge in [0.15, 0.2) is 0 Å². The Hall–Kier alpha value is -0.130. The van der Waals surface area contributed by atoms with Crippen molar-refractivity contribution in [3.8, 4) is 0 Å². The maximum absolute atomic E-state index is 11.5.